The molecule has 9 heteroatoms. The van der Waals surface area contributed by atoms with E-state index in [2.05, 4.69) is 36.1 Å². The molecule has 3 aromatic rings. The van der Waals surface area contributed by atoms with Gasteiger partial charge in [0.15, 0.2) is 10.6 Å². The standard InChI is InChI=1S/C24H29N5O2S2/c1-18-6-8-19(9-7-18)23-25-29(24(32)26(23)2)17-27-15-12-20-16-21(10-11-22(20)27)33(30,31)28-13-4-3-5-14-28/h6-11,16H,3-5,12-15,17H2,1-2H3. The molecule has 0 bridgehead atoms. The molecule has 5 rings (SSSR count). The van der Waals surface area contributed by atoms with Gasteiger partial charge in [-0.1, -0.05) is 36.2 Å². The average molecular weight is 484 g/mol. The highest BCUT2D eigenvalue weighted by Gasteiger charge is 2.28. The molecule has 174 valence electrons. The smallest absolute Gasteiger partial charge is 0.243 e. The first-order chi connectivity index (χ1) is 15.8. The minimum absolute atomic E-state index is 0.404. The van der Waals surface area contributed by atoms with Crippen molar-refractivity contribution in [2.45, 2.75) is 44.2 Å². The van der Waals surface area contributed by atoms with Crippen molar-refractivity contribution in [1.29, 1.82) is 0 Å². The molecule has 0 saturated carbocycles. The van der Waals surface area contributed by atoms with Gasteiger partial charge in [-0.25, -0.2) is 13.1 Å². The van der Waals surface area contributed by atoms with Crippen LogP contribution in [0.25, 0.3) is 11.4 Å². The molecule has 0 aliphatic carbocycles. The fraction of sp³-hybridized carbons (Fsp3) is 0.417. The number of hydrogen-bond acceptors (Lipinski definition) is 5. The van der Waals surface area contributed by atoms with Crippen molar-refractivity contribution in [2.24, 2.45) is 7.05 Å². The molecule has 3 heterocycles. The average Bonchev–Trinajstić information content (AvgIpc) is 3.36. The van der Waals surface area contributed by atoms with E-state index >= 15 is 0 Å². The van der Waals surface area contributed by atoms with Gasteiger partial charge in [0.2, 0.25) is 10.0 Å². The highest BCUT2D eigenvalue weighted by Crippen LogP contribution is 2.32. The zero-order chi connectivity index (χ0) is 23.2. The second-order valence-electron chi connectivity index (χ2n) is 8.94. The van der Waals surface area contributed by atoms with Gasteiger partial charge >= 0.3 is 0 Å². The third-order valence-corrected chi connectivity index (χ3v) is 9.03. The van der Waals surface area contributed by atoms with E-state index < -0.39 is 10.0 Å². The van der Waals surface area contributed by atoms with Crippen LogP contribution < -0.4 is 4.90 Å². The summed E-state index contributed by atoms with van der Waals surface area (Å²) in [4.78, 5) is 2.62. The summed E-state index contributed by atoms with van der Waals surface area (Å²) in [6.45, 7) is 4.64. The quantitative estimate of drug-likeness (QED) is 0.511. The van der Waals surface area contributed by atoms with Crippen molar-refractivity contribution < 1.29 is 8.42 Å². The molecule has 1 saturated heterocycles. The van der Waals surface area contributed by atoms with Gasteiger partial charge < -0.3 is 9.47 Å². The van der Waals surface area contributed by atoms with Crippen LogP contribution in [0.4, 0.5) is 5.69 Å². The second-order valence-corrected chi connectivity index (χ2v) is 11.2. The molecular formula is C24H29N5O2S2. The maximum atomic E-state index is 13.1. The molecule has 0 spiro atoms. The van der Waals surface area contributed by atoms with E-state index in [1.54, 1.807) is 10.4 Å². The third kappa shape index (κ3) is 4.13. The maximum absolute atomic E-state index is 13.1. The lowest BCUT2D eigenvalue weighted by molar-refractivity contribution is 0.346. The third-order valence-electron chi connectivity index (χ3n) is 6.65. The number of fused-ring (bicyclic) bond motifs is 1. The molecule has 0 unspecified atom stereocenters. The van der Waals surface area contributed by atoms with E-state index in [-0.39, 0.29) is 0 Å². The van der Waals surface area contributed by atoms with E-state index in [0.717, 1.165) is 54.9 Å². The minimum Gasteiger partial charge on any atom is -0.351 e. The van der Waals surface area contributed by atoms with E-state index in [1.165, 1.54) is 5.56 Å². The lowest BCUT2D eigenvalue weighted by atomic mass is 10.1. The lowest BCUT2D eigenvalue weighted by Crippen LogP contribution is -2.35. The first-order valence-corrected chi connectivity index (χ1v) is 13.3. The van der Waals surface area contributed by atoms with Gasteiger partial charge in [0, 0.05) is 37.9 Å². The van der Waals surface area contributed by atoms with E-state index in [4.69, 9.17) is 17.3 Å². The molecule has 33 heavy (non-hydrogen) atoms. The van der Waals surface area contributed by atoms with E-state index in [1.807, 2.05) is 28.4 Å². The number of aryl methyl sites for hydroxylation is 1. The Morgan fingerprint density at radius 1 is 1.00 bits per heavy atom. The topological polar surface area (TPSA) is 63.4 Å². The summed E-state index contributed by atoms with van der Waals surface area (Å²) in [7, 11) is -1.48. The van der Waals surface area contributed by atoms with Crippen LogP contribution in [0.2, 0.25) is 0 Å². The fourth-order valence-electron chi connectivity index (χ4n) is 4.70. The monoisotopic (exact) mass is 483 g/mol. The summed E-state index contributed by atoms with van der Waals surface area (Å²) in [6.07, 6.45) is 3.79. The predicted molar refractivity (Wildman–Crippen MR) is 132 cm³/mol. The Morgan fingerprint density at radius 3 is 2.45 bits per heavy atom. The zero-order valence-corrected chi connectivity index (χ0v) is 20.7. The molecule has 0 amide bonds. The Hall–Kier alpha value is -2.49. The molecule has 2 aromatic carbocycles. The number of aromatic nitrogens is 3. The van der Waals surface area contributed by atoms with Gasteiger partial charge in [-0.05, 0) is 62.2 Å². The van der Waals surface area contributed by atoms with Gasteiger partial charge in [-0.3, -0.25) is 0 Å². The van der Waals surface area contributed by atoms with Crippen molar-refractivity contribution in [3.05, 3.63) is 58.4 Å². The van der Waals surface area contributed by atoms with Gasteiger partial charge in [0.1, 0.15) is 6.67 Å². The van der Waals surface area contributed by atoms with Crippen LogP contribution in [0.3, 0.4) is 0 Å². The number of piperidine rings is 1. The van der Waals surface area contributed by atoms with Crippen molar-refractivity contribution in [1.82, 2.24) is 18.7 Å². The summed E-state index contributed by atoms with van der Waals surface area (Å²) in [5.74, 6) is 0.836. The Balaban J connectivity index is 1.39. The fourth-order valence-corrected chi connectivity index (χ4v) is 6.46. The normalized spacial score (nSPS) is 16.8. The summed E-state index contributed by atoms with van der Waals surface area (Å²) >= 11 is 5.67. The first-order valence-electron chi connectivity index (χ1n) is 11.4. The van der Waals surface area contributed by atoms with Crippen LogP contribution in [0, 0.1) is 11.7 Å². The highest BCUT2D eigenvalue weighted by molar-refractivity contribution is 7.89. The highest BCUT2D eigenvalue weighted by atomic mass is 32.2. The Labute approximate surface area is 200 Å². The van der Waals surface area contributed by atoms with Gasteiger partial charge in [0.25, 0.3) is 0 Å². The van der Waals surface area contributed by atoms with Gasteiger partial charge in [0.05, 0.1) is 4.90 Å². The van der Waals surface area contributed by atoms with Crippen LogP contribution in [0.1, 0.15) is 30.4 Å². The summed E-state index contributed by atoms with van der Waals surface area (Å²) in [5.41, 5.74) is 4.35. The van der Waals surface area contributed by atoms with Gasteiger partial charge in [-0.2, -0.15) is 4.31 Å². The number of hydrogen-bond donors (Lipinski definition) is 0. The molecule has 1 aromatic heterocycles. The van der Waals surface area contributed by atoms with Crippen LogP contribution in [-0.2, 0) is 30.2 Å². The van der Waals surface area contributed by atoms with Crippen LogP contribution in [0.5, 0.6) is 0 Å². The summed E-state index contributed by atoms with van der Waals surface area (Å²) in [5, 5.41) is 4.79. The number of sulfonamides is 1. The molecule has 0 N–H and O–H groups in total. The molecular weight excluding hydrogens is 454 g/mol. The molecule has 2 aliphatic rings. The Kier molecular flexibility index (Phi) is 5.88. The summed E-state index contributed by atoms with van der Waals surface area (Å²) in [6, 6.07) is 13.8. The Bertz CT molecular complexity index is 1340. The number of rotatable bonds is 5. The van der Waals surface area contributed by atoms with Crippen molar-refractivity contribution in [2.75, 3.05) is 24.5 Å². The van der Waals surface area contributed by atoms with Crippen LogP contribution in [-0.4, -0.2) is 46.7 Å². The second kappa shape index (κ2) is 8.70. The number of benzene rings is 2. The van der Waals surface area contributed by atoms with Crippen molar-refractivity contribution in [3.8, 4) is 11.4 Å². The van der Waals surface area contributed by atoms with Crippen molar-refractivity contribution >= 4 is 27.9 Å². The maximum Gasteiger partial charge on any atom is 0.243 e. The number of nitrogens with zero attached hydrogens (tertiary/aromatic N) is 5. The van der Waals surface area contributed by atoms with E-state index in [9.17, 15) is 8.42 Å². The molecule has 0 atom stereocenters. The minimum atomic E-state index is -3.43. The Morgan fingerprint density at radius 2 is 1.73 bits per heavy atom. The van der Waals surface area contributed by atoms with Crippen LogP contribution in [0.15, 0.2) is 47.4 Å². The predicted octanol–water partition coefficient (Wildman–Crippen LogP) is 4.12. The van der Waals surface area contributed by atoms with Crippen LogP contribution >= 0.6 is 12.2 Å². The van der Waals surface area contributed by atoms with Crippen molar-refractivity contribution in [3.63, 3.8) is 0 Å². The SMILES string of the molecule is Cc1ccc(-c2nn(CN3CCc4cc(S(=O)(=O)N5CCCCC5)ccc43)c(=S)n2C)cc1. The summed E-state index contributed by atoms with van der Waals surface area (Å²) < 4.78 is 32.2. The number of anilines is 1. The molecule has 0 radical (unpaired) electrons. The molecule has 7 nitrogen and oxygen atoms in total. The van der Waals surface area contributed by atoms with Gasteiger partial charge in [-0.15, -0.1) is 5.10 Å². The molecule has 1 fully saturated rings. The zero-order valence-electron chi connectivity index (χ0n) is 19.1. The van der Waals surface area contributed by atoms with E-state index in [0.29, 0.717) is 29.4 Å². The lowest BCUT2D eigenvalue weighted by Gasteiger charge is -2.26. The molecule has 2 aliphatic heterocycles. The largest absolute Gasteiger partial charge is 0.351 e. The first kappa shape index (κ1) is 22.3.